The van der Waals surface area contributed by atoms with Crippen LogP contribution in [0.5, 0.6) is 0 Å². The average Bonchev–Trinajstić information content (AvgIpc) is 2.97. The maximum absolute atomic E-state index is 7.31. The lowest BCUT2D eigenvalue weighted by Gasteiger charge is -2.15. The minimum Gasteiger partial charge on any atom is -0.361 e. The quantitative estimate of drug-likeness (QED) is 0.224. The maximum Gasteiger partial charge on any atom is 0.222 e. The SMILES string of the molecule is [C-]#[N+]c1ccc2c(-c3nc(Cl)ncc3C)cn(COCC[Si](C)(C)C)c2c1. The molecule has 0 unspecified atom stereocenters. The molecule has 0 aliphatic carbocycles. The van der Waals surface area contributed by atoms with E-state index in [1.54, 1.807) is 6.20 Å². The smallest absolute Gasteiger partial charge is 0.222 e. The highest BCUT2D eigenvalue weighted by molar-refractivity contribution is 6.76. The van der Waals surface area contributed by atoms with Crippen LogP contribution in [0.4, 0.5) is 5.69 Å². The lowest BCUT2D eigenvalue weighted by Crippen LogP contribution is -2.21. The highest BCUT2D eigenvalue weighted by atomic mass is 35.5. The van der Waals surface area contributed by atoms with Gasteiger partial charge in [-0.25, -0.2) is 14.8 Å². The van der Waals surface area contributed by atoms with Crippen LogP contribution in [0.15, 0.2) is 30.6 Å². The maximum atomic E-state index is 7.31. The van der Waals surface area contributed by atoms with E-state index in [0.717, 1.165) is 40.4 Å². The zero-order valence-electron chi connectivity index (χ0n) is 16.1. The third kappa shape index (κ3) is 4.56. The van der Waals surface area contributed by atoms with Gasteiger partial charge in [0.15, 0.2) is 5.69 Å². The van der Waals surface area contributed by atoms with Crippen molar-refractivity contribution in [1.82, 2.24) is 14.5 Å². The van der Waals surface area contributed by atoms with Crippen LogP contribution < -0.4 is 0 Å². The van der Waals surface area contributed by atoms with Crippen molar-refractivity contribution in [3.05, 3.63) is 52.9 Å². The molecule has 0 spiro atoms. The van der Waals surface area contributed by atoms with Gasteiger partial charge in [-0.15, -0.1) is 0 Å². The van der Waals surface area contributed by atoms with Crippen LogP contribution in [0.3, 0.4) is 0 Å². The molecule has 3 aromatic rings. The van der Waals surface area contributed by atoms with Gasteiger partial charge in [0.1, 0.15) is 6.73 Å². The number of halogens is 1. The Kier molecular flexibility index (Phi) is 5.66. The van der Waals surface area contributed by atoms with E-state index in [1.807, 2.05) is 35.9 Å². The van der Waals surface area contributed by atoms with E-state index in [4.69, 9.17) is 22.9 Å². The summed E-state index contributed by atoms with van der Waals surface area (Å²) in [5.41, 5.74) is 4.29. The fourth-order valence-corrected chi connectivity index (χ4v) is 3.77. The Morgan fingerprint density at radius 1 is 1.30 bits per heavy atom. The van der Waals surface area contributed by atoms with Gasteiger partial charge in [-0.3, -0.25) is 0 Å². The van der Waals surface area contributed by atoms with Gasteiger partial charge in [-0.05, 0) is 36.2 Å². The summed E-state index contributed by atoms with van der Waals surface area (Å²) < 4.78 is 7.98. The first-order chi connectivity index (χ1) is 12.8. The van der Waals surface area contributed by atoms with Gasteiger partial charge in [0.25, 0.3) is 0 Å². The number of ether oxygens (including phenoxy) is 1. The number of fused-ring (bicyclic) bond motifs is 1. The van der Waals surface area contributed by atoms with Crippen molar-refractivity contribution in [3.8, 4) is 11.3 Å². The molecule has 0 aliphatic heterocycles. The molecule has 27 heavy (non-hydrogen) atoms. The molecule has 5 nitrogen and oxygen atoms in total. The van der Waals surface area contributed by atoms with Gasteiger partial charge in [0.05, 0.1) is 12.3 Å². The molecular weight excluding hydrogens is 376 g/mol. The normalized spacial score (nSPS) is 11.7. The minimum absolute atomic E-state index is 0.223. The van der Waals surface area contributed by atoms with Crippen LogP contribution in [-0.2, 0) is 11.5 Å². The number of rotatable bonds is 6. The van der Waals surface area contributed by atoms with E-state index in [0.29, 0.717) is 12.4 Å². The van der Waals surface area contributed by atoms with E-state index in [2.05, 4.69) is 34.5 Å². The molecule has 140 valence electrons. The van der Waals surface area contributed by atoms with Gasteiger partial charge in [-0.2, -0.15) is 0 Å². The number of aromatic nitrogens is 3. The molecule has 3 rings (SSSR count). The van der Waals surface area contributed by atoms with Crippen molar-refractivity contribution in [2.75, 3.05) is 6.61 Å². The molecule has 1 aromatic carbocycles. The van der Waals surface area contributed by atoms with Gasteiger partial charge in [0, 0.05) is 43.5 Å². The second-order valence-electron chi connectivity index (χ2n) is 7.84. The van der Waals surface area contributed by atoms with Gasteiger partial charge < -0.3 is 9.30 Å². The first kappa shape index (κ1) is 19.6. The lowest BCUT2D eigenvalue weighted by molar-refractivity contribution is 0.0903. The van der Waals surface area contributed by atoms with Crippen molar-refractivity contribution < 1.29 is 4.74 Å². The molecule has 0 aliphatic rings. The molecule has 2 heterocycles. The predicted molar refractivity (Wildman–Crippen MR) is 113 cm³/mol. The topological polar surface area (TPSA) is 44.3 Å². The molecular formula is C20H23ClN4OSi. The third-order valence-electron chi connectivity index (χ3n) is 4.42. The highest BCUT2D eigenvalue weighted by Gasteiger charge is 2.16. The molecule has 0 radical (unpaired) electrons. The first-order valence-electron chi connectivity index (χ1n) is 8.86. The number of hydrogen-bond acceptors (Lipinski definition) is 3. The van der Waals surface area contributed by atoms with E-state index in [1.165, 1.54) is 0 Å². The zero-order valence-corrected chi connectivity index (χ0v) is 17.8. The van der Waals surface area contributed by atoms with E-state index >= 15 is 0 Å². The summed E-state index contributed by atoms with van der Waals surface area (Å²) in [6.07, 6.45) is 3.75. The lowest BCUT2D eigenvalue weighted by atomic mass is 10.1. The summed E-state index contributed by atoms with van der Waals surface area (Å²) >= 11 is 6.03. The molecule has 0 N–H and O–H groups in total. The van der Waals surface area contributed by atoms with Crippen LogP contribution in [-0.4, -0.2) is 29.2 Å². The Balaban J connectivity index is 2.00. The highest BCUT2D eigenvalue weighted by Crippen LogP contribution is 2.34. The van der Waals surface area contributed by atoms with Crippen LogP contribution >= 0.6 is 11.6 Å². The van der Waals surface area contributed by atoms with Gasteiger partial charge in [-0.1, -0.05) is 31.8 Å². The third-order valence-corrected chi connectivity index (χ3v) is 6.31. The second kappa shape index (κ2) is 7.81. The van der Waals surface area contributed by atoms with Crippen LogP contribution in [0.25, 0.3) is 27.0 Å². The molecule has 2 aromatic heterocycles. The Hall–Kier alpha value is -2.20. The summed E-state index contributed by atoms with van der Waals surface area (Å²) in [7, 11) is -1.13. The van der Waals surface area contributed by atoms with E-state index in [-0.39, 0.29) is 5.28 Å². The summed E-state index contributed by atoms with van der Waals surface area (Å²) in [5, 5.41) is 1.25. The van der Waals surface area contributed by atoms with Crippen LogP contribution in [0.1, 0.15) is 5.56 Å². The van der Waals surface area contributed by atoms with Crippen molar-refractivity contribution >= 4 is 36.3 Å². The summed E-state index contributed by atoms with van der Waals surface area (Å²) in [6, 6.07) is 6.80. The molecule has 0 saturated heterocycles. The number of benzene rings is 1. The van der Waals surface area contributed by atoms with Crippen molar-refractivity contribution in [2.45, 2.75) is 39.3 Å². The first-order valence-corrected chi connectivity index (χ1v) is 12.9. The van der Waals surface area contributed by atoms with E-state index in [9.17, 15) is 0 Å². The van der Waals surface area contributed by atoms with Crippen LogP contribution in [0, 0.1) is 13.5 Å². The molecule has 0 amide bonds. The fourth-order valence-electron chi connectivity index (χ4n) is 2.88. The molecule has 0 fully saturated rings. The predicted octanol–water partition coefficient (Wildman–Crippen LogP) is 5.92. The Morgan fingerprint density at radius 2 is 2.07 bits per heavy atom. The molecule has 0 atom stereocenters. The van der Waals surface area contributed by atoms with Crippen molar-refractivity contribution in [3.63, 3.8) is 0 Å². The largest absolute Gasteiger partial charge is 0.361 e. The summed E-state index contributed by atoms with van der Waals surface area (Å²) in [4.78, 5) is 12.0. The Labute approximate surface area is 165 Å². The monoisotopic (exact) mass is 398 g/mol. The summed E-state index contributed by atoms with van der Waals surface area (Å²) in [6.45, 7) is 17.5. The van der Waals surface area contributed by atoms with E-state index < -0.39 is 8.07 Å². The second-order valence-corrected chi connectivity index (χ2v) is 13.8. The van der Waals surface area contributed by atoms with Gasteiger partial charge in [0.2, 0.25) is 5.28 Å². The zero-order chi connectivity index (χ0) is 19.6. The average molecular weight is 399 g/mol. The Morgan fingerprint density at radius 3 is 2.78 bits per heavy atom. The van der Waals surface area contributed by atoms with Crippen LogP contribution in [0.2, 0.25) is 31.0 Å². The fraction of sp³-hybridized carbons (Fsp3) is 0.350. The number of aryl methyl sites for hydroxylation is 1. The molecule has 0 bridgehead atoms. The molecule has 0 saturated carbocycles. The Bertz CT molecular complexity index is 1020. The summed E-state index contributed by atoms with van der Waals surface area (Å²) in [5.74, 6) is 0. The standard InChI is InChI=1S/C20H23ClN4OSi/c1-14-11-23-20(21)24-19(14)17-12-25(13-26-8-9-27(3,4)5)18-10-15(22-2)6-7-16(17)18/h6-7,10-12H,8-9,13H2,1,3-5H3. The molecule has 7 heteroatoms. The van der Waals surface area contributed by atoms with Crippen molar-refractivity contribution in [2.24, 2.45) is 0 Å². The van der Waals surface area contributed by atoms with Gasteiger partial charge >= 0.3 is 0 Å². The number of hydrogen-bond donors (Lipinski definition) is 0. The number of nitrogens with zero attached hydrogens (tertiary/aromatic N) is 4. The van der Waals surface area contributed by atoms with Crippen molar-refractivity contribution in [1.29, 1.82) is 0 Å². The minimum atomic E-state index is -1.13.